The van der Waals surface area contributed by atoms with Crippen LogP contribution in [-0.2, 0) is 9.59 Å². The highest BCUT2D eigenvalue weighted by molar-refractivity contribution is 7.99. The molecule has 2 fully saturated rings. The Morgan fingerprint density at radius 1 is 1.35 bits per heavy atom. The molecule has 8 heteroatoms. The molecule has 2 aliphatic heterocycles. The second kappa shape index (κ2) is 8.54. The maximum atomic E-state index is 12.6. The van der Waals surface area contributed by atoms with E-state index >= 15 is 0 Å². The van der Waals surface area contributed by atoms with Gasteiger partial charge in [0.1, 0.15) is 0 Å². The molecule has 130 valence electrons. The van der Waals surface area contributed by atoms with Crippen LogP contribution in [0.15, 0.2) is 0 Å². The van der Waals surface area contributed by atoms with Gasteiger partial charge >= 0.3 is 6.03 Å². The van der Waals surface area contributed by atoms with Crippen molar-refractivity contribution in [2.45, 2.75) is 25.3 Å². The first kappa shape index (κ1) is 18.1. The van der Waals surface area contributed by atoms with Gasteiger partial charge in [-0.25, -0.2) is 4.79 Å². The molecule has 4 amide bonds. The largest absolute Gasteiger partial charge is 0.338 e. The summed E-state index contributed by atoms with van der Waals surface area (Å²) in [6, 6.07) is -0.160. The summed E-state index contributed by atoms with van der Waals surface area (Å²) in [6.45, 7) is 2.41. The van der Waals surface area contributed by atoms with E-state index in [-0.39, 0.29) is 23.9 Å². The lowest BCUT2D eigenvalue weighted by Crippen LogP contribution is -2.51. The second-order valence-electron chi connectivity index (χ2n) is 6.27. The van der Waals surface area contributed by atoms with Gasteiger partial charge in [-0.3, -0.25) is 14.9 Å². The summed E-state index contributed by atoms with van der Waals surface area (Å²) >= 11 is 1.90. The maximum absolute atomic E-state index is 12.6. The molecule has 0 radical (unpaired) electrons. The van der Waals surface area contributed by atoms with Gasteiger partial charge in [0.15, 0.2) is 0 Å². The molecule has 2 heterocycles. The van der Waals surface area contributed by atoms with Crippen LogP contribution in [0.5, 0.6) is 0 Å². The molecule has 0 aromatic heterocycles. The van der Waals surface area contributed by atoms with Crippen molar-refractivity contribution >= 4 is 29.6 Å². The Balaban J connectivity index is 1.89. The summed E-state index contributed by atoms with van der Waals surface area (Å²) < 4.78 is 0. The maximum Gasteiger partial charge on any atom is 0.324 e. The van der Waals surface area contributed by atoms with Crippen molar-refractivity contribution in [3.63, 3.8) is 0 Å². The molecule has 1 atom stereocenters. The Bertz CT molecular complexity index is 458. The minimum absolute atomic E-state index is 0.101. The van der Waals surface area contributed by atoms with Gasteiger partial charge in [0.05, 0.1) is 6.04 Å². The number of urea groups is 1. The smallest absolute Gasteiger partial charge is 0.324 e. The highest BCUT2D eigenvalue weighted by Gasteiger charge is 2.28. The summed E-state index contributed by atoms with van der Waals surface area (Å²) in [4.78, 5) is 41.1. The number of carbonyl (C=O) groups excluding carboxylic acids is 3. The summed E-state index contributed by atoms with van der Waals surface area (Å²) in [5, 5.41) is 2.29. The molecule has 2 aliphatic rings. The number of thioether (sulfide) groups is 1. The highest BCUT2D eigenvalue weighted by Crippen LogP contribution is 2.18. The Kier molecular flexibility index (Phi) is 6.71. The number of imide groups is 1. The van der Waals surface area contributed by atoms with E-state index in [0.29, 0.717) is 25.9 Å². The average Bonchev–Trinajstić information content (AvgIpc) is 2.71. The lowest BCUT2D eigenvalue weighted by Gasteiger charge is -2.33. The van der Waals surface area contributed by atoms with Crippen molar-refractivity contribution in [1.82, 2.24) is 20.0 Å². The molecule has 23 heavy (non-hydrogen) atoms. The molecule has 0 spiro atoms. The summed E-state index contributed by atoms with van der Waals surface area (Å²) in [5.41, 5.74) is 0. The normalized spacial score (nSPS) is 23.0. The predicted molar refractivity (Wildman–Crippen MR) is 90.3 cm³/mol. The van der Waals surface area contributed by atoms with E-state index in [1.54, 1.807) is 4.90 Å². The fraction of sp³-hybridized carbons (Fsp3) is 0.800. The summed E-state index contributed by atoms with van der Waals surface area (Å²) in [7, 11) is 4.04. The van der Waals surface area contributed by atoms with Gasteiger partial charge < -0.3 is 14.7 Å². The van der Waals surface area contributed by atoms with E-state index in [1.165, 1.54) is 0 Å². The monoisotopic (exact) mass is 342 g/mol. The van der Waals surface area contributed by atoms with Crippen molar-refractivity contribution in [1.29, 1.82) is 0 Å². The van der Waals surface area contributed by atoms with Crippen LogP contribution >= 0.6 is 11.8 Å². The van der Waals surface area contributed by atoms with Crippen LogP contribution in [-0.4, -0.2) is 90.4 Å². The Morgan fingerprint density at radius 2 is 2.13 bits per heavy atom. The van der Waals surface area contributed by atoms with E-state index in [4.69, 9.17) is 0 Å². The second-order valence-corrected chi connectivity index (χ2v) is 7.42. The average molecular weight is 342 g/mol. The molecular formula is C15H26N4O3S. The highest BCUT2D eigenvalue weighted by atomic mass is 32.2. The third-order valence-corrected chi connectivity index (χ3v) is 5.27. The van der Waals surface area contributed by atoms with E-state index in [2.05, 4.69) is 10.2 Å². The minimum Gasteiger partial charge on any atom is -0.338 e. The first-order chi connectivity index (χ1) is 11.0. The fourth-order valence-electron chi connectivity index (χ4n) is 2.92. The number of carbonyl (C=O) groups is 3. The number of nitrogens with zero attached hydrogens (tertiary/aromatic N) is 3. The van der Waals surface area contributed by atoms with Crippen molar-refractivity contribution in [2.24, 2.45) is 0 Å². The topological polar surface area (TPSA) is 73.0 Å². The Morgan fingerprint density at radius 3 is 2.83 bits per heavy atom. The van der Waals surface area contributed by atoms with Crippen molar-refractivity contribution in [3.8, 4) is 0 Å². The lowest BCUT2D eigenvalue weighted by atomic mass is 10.2. The fourth-order valence-corrected chi connectivity index (χ4v) is 3.97. The zero-order valence-corrected chi connectivity index (χ0v) is 14.7. The zero-order chi connectivity index (χ0) is 16.8. The molecule has 7 nitrogen and oxygen atoms in total. The molecule has 2 rings (SSSR count). The molecule has 1 N–H and O–H groups in total. The zero-order valence-electron chi connectivity index (χ0n) is 13.9. The van der Waals surface area contributed by atoms with Gasteiger partial charge in [0, 0.05) is 44.8 Å². The van der Waals surface area contributed by atoms with Crippen molar-refractivity contribution in [3.05, 3.63) is 0 Å². The van der Waals surface area contributed by atoms with Crippen LogP contribution in [0.25, 0.3) is 0 Å². The van der Waals surface area contributed by atoms with Gasteiger partial charge in [0.2, 0.25) is 11.8 Å². The molecule has 0 saturated carbocycles. The van der Waals surface area contributed by atoms with Crippen LogP contribution in [0, 0.1) is 0 Å². The predicted octanol–water partition coefficient (Wildman–Crippen LogP) is 0.214. The lowest BCUT2D eigenvalue weighted by molar-refractivity contribution is -0.133. The molecular weight excluding hydrogens is 316 g/mol. The van der Waals surface area contributed by atoms with Crippen molar-refractivity contribution in [2.75, 3.05) is 51.8 Å². The Labute approximate surface area is 141 Å². The van der Waals surface area contributed by atoms with E-state index in [0.717, 1.165) is 31.0 Å². The standard InChI is InChI=1S/C15H26N4O3S/c1-17(2)10-12-11-23-9-3-6-19(12)14(21)5-8-18-7-4-13(20)16-15(18)22/h12H,3-11H2,1-2H3,(H,16,20,22). The minimum atomic E-state index is -0.384. The molecule has 0 bridgehead atoms. The van der Waals surface area contributed by atoms with Crippen LogP contribution in [0.3, 0.4) is 0 Å². The molecule has 0 aromatic carbocycles. The number of hydrogen-bond acceptors (Lipinski definition) is 5. The number of nitrogens with one attached hydrogen (secondary N) is 1. The molecule has 2 saturated heterocycles. The van der Waals surface area contributed by atoms with Gasteiger partial charge in [-0.2, -0.15) is 11.8 Å². The van der Waals surface area contributed by atoms with Crippen LogP contribution < -0.4 is 5.32 Å². The SMILES string of the molecule is CN(C)CC1CSCCCN1C(=O)CCN1CCC(=O)NC1=O. The van der Waals surface area contributed by atoms with E-state index in [9.17, 15) is 14.4 Å². The van der Waals surface area contributed by atoms with Gasteiger partial charge in [-0.15, -0.1) is 0 Å². The first-order valence-electron chi connectivity index (χ1n) is 8.08. The molecule has 1 unspecified atom stereocenters. The van der Waals surface area contributed by atoms with E-state index < -0.39 is 0 Å². The quantitative estimate of drug-likeness (QED) is 0.773. The first-order valence-corrected chi connectivity index (χ1v) is 9.23. The van der Waals surface area contributed by atoms with Crippen molar-refractivity contribution < 1.29 is 14.4 Å². The van der Waals surface area contributed by atoms with Crippen LogP contribution in [0.4, 0.5) is 4.79 Å². The molecule has 0 aliphatic carbocycles. The number of hydrogen-bond donors (Lipinski definition) is 1. The Hall–Kier alpha value is -1.28. The summed E-state index contributed by atoms with van der Waals surface area (Å²) in [6.07, 6.45) is 1.64. The molecule has 0 aromatic rings. The third-order valence-electron chi connectivity index (χ3n) is 4.07. The number of likely N-dealkylation sites (N-methyl/N-ethyl adjacent to an activating group) is 1. The summed E-state index contributed by atoms with van der Waals surface area (Å²) in [5.74, 6) is 1.91. The van der Waals surface area contributed by atoms with E-state index in [1.807, 2.05) is 30.8 Å². The van der Waals surface area contributed by atoms with Gasteiger partial charge in [-0.05, 0) is 26.3 Å². The van der Waals surface area contributed by atoms with Gasteiger partial charge in [0.25, 0.3) is 0 Å². The third kappa shape index (κ3) is 5.39. The number of amides is 4. The number of rotatable bonds is 5. The van der Waals surface area contributed by atoms with Gasteiger partial charge in [-0.1, -0.05) is 0 Å². The van der Waals surface area contributed by atoms with Crippen LogP contribution in [0.2, 0.25) is 0 Å². The van der Waals surface area contributed by atoms with Crippen LogP contribution in [0.1, 0.15) is 19.3 Å².